The smallest absolute Gasteiger partial charge is 0.00546 e. The summed E-state index contributed by atoms with van der Waals surface area (Å²) in [5.41, 5.74) is 1.63. The highest BCUT2D eigenvalue weighted by Gasteiger charge is 2.13. The van der Waals surface area contributed by atoms with E-state index in [0.29, 0.717) is 0 Å². The fourth-order valence-corrected chi connectivity index (χ4v) is 2.27. The second-order valence-electron chi connectivity index (χ2n) is 2.94. The van der Waals surface area contributed by atoms with E-state index >= 15 is 0 Å². The third-order valence-electron chi connectivity index (χ3n) is 1.89. The molecule has 0 atom stereocenters. The van der Waals surface area contributed by atoms with Crippen molar-refractivity contribution in [2.45, 2.75) is 33.1 Å². The van der Waals surface area contributed by atoms with Gasteiger partial charge in [-0.1, -0.05) is 35.4 Å². The van der Waals surface area contributed by atoms with Gasteiger partial charge in [-0.05, 0) is 29.7 Å². The minimum Gasteiger partial charge on any atom is -0.0590 e. The standard InChI is InChI=1S/C8H13Br/c1-6(2)7-4-3-5-8(7)9/h6H,3-5H2,1-2H3. The molecule has 0 aromatic heterocycles. The molecule has 0 aromatic carbocycles. The normalized spacial score (nSPS) is 20.0. The first-order valence-electron chi connectivity index (χ1n) is 3.59. The predicted octanol–water partition coefficient (Wildman–Crippen LogP) is 3.48. The Labute approximate surface area is 65.5 Å². The lowest BCUT2D eigenvalue weighted by atomic mass is 10.0. The molecule has 0 fully saturated rings. The Hall–Kier alpha value is 0.220. The van der Waals surface area contributed by atoms with Crippen molar-refractivity contribution in [2.75, 3.05) is 0 Å². The summed E-state index contributed by atoms with van der Waals surface area (Å²) in [5.74, 6) is 0.752. The second-order valence-corrected chi connectivity index (χ2v) is 3.90. The lowest BCUT2D eigenvalue weighted by Gasteiger charge is -2.05. The van der Waals surface area contributed by atoms with Gasteiger partial charge in [0, 0.05) is 0 Å². The maximum Gasteiger partial charge on any atom is -0.00546 e. The van der Waals surface area contributed by atoms with E-state index in [4.69, 9.17) is 0 Å². The van der Waals surface area contributed by atoms with Crippen molar-refractivity contribution in [3.8, 4) is 0 Å². The molecule has 0 radical (unpaired) electrons. The summed E-state index contributed by atoms with van der Waals surface area (Å²) in [6.07, 6.45) is 3.94. The average molecular weight is 189 g/mol. The lowest BCUT2D eigenvalue weighted by Crippen LogP contribution is -1.89. The molecule has 0 saturated heterocycles. The number of allylic oxidation sites excluding steroid dienone is 2. The highest BCUT2D eigenvalue weighted by molar-refractivity contribution is 9.11. The Bertz CT molecular complexity index is 134. The Kier molecular flexibility index (Phi) is 2.34. The van der Waals surface area contributed by atoms with Crippen LogP contribution in [0.5, 0.6) is 0 Å². The van der Waals surface area contributed by atoms with Crippen molar-refractivity contribution in [2.24, 2.45) is 5.92 Å². The zero-order valence-corrected chi connectivity index (χ0v) is 7.66. The van der Waals surface area contributed by atoms with Crippen LogP contribution in [0.4, 0.5) is 0 Å². The Balaban J connectivity index is 2.66. The van der Waals surface area contributed by atoms with E-state index in [0.717, 1.165) is 5.92 Å². The van der Waals surface area contributed by atoms with Gasteiger partial charge in [-0.15, -0.1) is 0 Å². The molecule has 0 nitrogen and oxygen atoms in total. The molecule has 0 heterocycles. The van der Waals surface area contributed by atoms with Crippen molar-refractivity contribution < 1.29 is 0 Å². The van der Waals surface area contributed by atoms with Crippen LogP contribution >= 0.6 is 15.9 Å². The first-order chi connectivity index (χ1) is 4.22. The summed E-state index contributed by atoms with van der Waals surface area (Å²) >= 11 is 3.58. The Morgan fingerprint density at radius 3 is 2.22 bits per heavy atom. The van der Waals surface area contributed by atoms with E-state index in [9.17, 15) is 0 Å². The highest BCUT2D eigenvalue weighted by atomic mass is 79.9. The highest BCUT2D eigenvalue weighted by Crippen LogP contribution is 2.34. The molecule has 52 valence electrons. The van der Waals surface area contributed by atoms with Gasteiger partial charge in [0.25, 0.3) is 0 Å². The van der Waals surface area contributed by atoms with E-state index in [-0.39, 0.29) is 0 Å². The summed E-state index contributed by atoms with van der Waals surface area (Å²) in [4.78, 5) is 0. The molecule has 0 aliphatic heterocycles. The Morgan fingerprint density at radius 1 is 1.33 bits per heavy atom. The first kappa shape index (κ1) is 7.33. The SMILES string of the molecule is CC(C)C1=C(Br)CCC1. The topological polar surface area (TPSA) is 0 Å². The minimum atomic E-state index is 0.752. The third-order valence-corrected chi connectivity index (χ3v) is 2.79. The monoisotopic (exact) mass is 188 g/mol. The van der Waals surface area contributed by atoms with Crippen molar-refractivity contribution in [1.82, 2.24) is 0 Å². The van der Waals surface area contributed by atoms with Gasteiger partial charge in [-0.25, -0.2) is 0 Å². The molecule has 0 unspecified atom stereocenters. The molecule has 0 spiro atoms. The maximum atomic E-state index is 3.58. The van der Waals surface area contributed by atoms with Crippen LogP contribution in [0.1, 0.15) is 33.1 Å². The summed E-state index contributed by atoms with van der Waals surface area (Å²) < 4.78 is 1.47. The van der Waals surface area contributed by atoms with Crippen LogP contribution in [0, 0.1) is 5.92 Å². The van der Waals surface area contributed by atoms with E-state index < -0.39 is 0 Å². The van der Waals surface area contributed by atoms with Gasteiger partial charge in [0.05, 0.1) is 0 Å². The molecule has 1 aliphatic carbocycles. The quantitative estimate of drug-likeness (QED) is 0.592. The molecule has 1 heteroatoms. The zero-order chi connectivity index (χ0) is 6.85. The van der Waals surface area contributed by atoms with Crippen molar-refractivity contribution in [1.29, 1.82) is 0 Å². The fourth-order valence-electron chi connectivity index (χ4n) is 1.33. The van der Waals surface area contributed by atoms with Gasteiger partial charge in [-0.3, -0.25) is 0 Å². The molecule has 9 heavy (non-hydrogen) atoms. The van der Waals surface area contributed by atoms with Crippen molar-refractivity contribution in [3.63, 3.8) is 0 Å². The maximum absolute atomic E-state index is 3.58. The van der Waals surface area contributed by atoms with Gasteiger partial charge in [0.15, 0.2) is 0 Å². The molecule has 0 saturated carbocycles. The first-order valence-corrected chi connectivity index (χ1v) is 4.38. The average Bonchev–Trinajstić information content (AvgIpc) is 2.13. The predicted molar refractivity (Wildman–Crippen MR) is 44.6 cm³/mol. The van der Waals surface area contributed by atoms with Gasteiger partial charge < -0.3 is 0 Å². The summed E-state index contributed by atoms with van der Waals surface area (Å²) in [6.45, 7) is 4.53. The fraction of sp³-hybridized carbons (Fsp3) is 0.750. The number of rotatable bonds is 1. The molecule has 0 aromatic rings. The van der Waals surface area contributed by atoms with E-state index in [1.165, 1.54) is 23.7 Å². The van der Waals surface area contributed by atoms with Crippen LogP contribution in [-0.2, 0) is 0 Å². The van der Waals surface area contributed by atoms with Gasteiger partial charge in [0.1, 0.15) is 0 Å². The molecular weight excluding hydrogens is 176 g/mol. The van der Waals surface area contributed by atoms with E-state index in [1.54, 1.807) is 5.57 Å². The molecule has 1 aliphatic rings. The molecule has 0 N–H and O–H groups in total. The van der Waals surface area contributed by atoms with Gasteiger partial charge in [-0.2, -0.15) is 0 Å². The molecular formula is C8H13Br. The van der Waals surface area contributed by atoms with Crippen molar-refractivity contribution >= 4 is 15.9 Å². The summed E-state index contributed by atoms with van der Waals surface area (Å²) in [6, 6.07) is 0. The number of hydrogen-bond donors (Lipinski definition) is 0. The zero-order valence-electron chi connectivity index (χ0n) is 6.08. The molecule has 0 bridgehead atoms. The van der Waals surface area contributed by atoms with E-state index in [2.05, 4.69) is 29.8 Å². The largest absolute Gasteiger partial charge is 0.0590 e. The van der Waals surface area contributed by atoms with Gasteiger partial charge in [0.2, 0.25) is 0 Å². The van der Waals surface area contributed by atoms with Crippen LogP contribution < -0.4 is 0 Å². The van der Waals surface area contributed by atoms with Crippen LogP contribution in [0.25, 0.3) is 0 Å². The van der Waals surface area contributed by atoms with Crippen LogP contribution in [0.2, 0.25) is 0 Å². The van der Waals surface area contributed by atoms with Crippen molar-refractivity contribution in [3.05, 3.63) is 10.1 Å². The number of halogens is 1. The minimum absolute atomic E-state index is 0.752. The molecule has 0 amide bonds. The van der Waals surface area contributed by atoms with Crippen LogP contribution in [-0.4, -0.2) is 0 Å². The summed E-state index contributed by atoms with van der Waals surface area (Å²) in [7, 11) is 0. The van der Waals surface area contributed by atoms with Crippen LogP contribution in [0.15, 0.2) is 10.1 Å². The summed E-state index contributed by atoms with van der Waals surface area (Å²) in [5, 5.41) is 0. The second kappa shape index (κ2) is 2.87. The lowest BCUT2D eigenvalue weighted by molar-refractivity contribution is 0.725. The van der Waals surface area contributed by atoms with Crippen LogP contribution in [0.3, 0.4) is 0 Å². The van der Waals surface area contributed by atoms with E-state index in [1.807, 2.05) is 0 Å². The molecule has 1 rings (SSSR count). The third kappa shape index (κ3) is 1.57. The van der Waals surface area contributed by atoms with Gasteiger partial charge >= 0.3 is 0 Å². The Morgan fingerprint density at radius 2 is 2.00 bits per heavy atom. The number of hydrogen-bond acceptors (Lipinski definition) is 0.